The van der Waals surface area contributed by atoms with Crippen LogP contribution in [0.5, 0.6) is 0 Å². The van der Waals surface area contributed by atoms with Gasteiger partial charge in [0.05, 0.1) is 5.56 Å². The summed E-state index contributed by atoms with van der Waals surface area (Å²) in [6.45, 7) is 5.95. The summed E-state index contributed by atoms with van der Waals surface area (Å²) in [5.41, 5.74) is 0.742. The molecule has 1 heterocycles. The van der Waals surface area contributed by atoms with Gasteiger partial charge >= 0.3 is 0 Å². The smallest absolute Gasteiger partial charge is 0.255 e. The molecule has 0 bridgehead atoms. The first-order valence-electron chi connectivity index (χ1n) is 7.57. The molecule has 1 aromatic carbocycles. The predicted molar refractivity (Wildman–Crippen MR) is 93.6 cm³/mol. The number of benzene rings is 1. The van der Waals surface area contributed by atoms with Gasteiger partial charge < -0.3 is 10.2 Å². The summed E-state index contributed by atoms with van der Waals surface area (Å²) in [7, 11) is 0. The highest BCUT2D eigenvalue weighted by Crippen LogP contribution is 2.24. The average molecular weight is 418 g/mol. The summed E-state index contributed by atoms with van der Waals surface area (Å²) in [5.74, 6) is 0.747. The van der Waals surface area contributed by atoms with E-state index in [-0.39, 0.29) is 5.91 Å². The van der Waals surface area contributed by atoms with Crippen LogP contribution in [0.3, 0.4) is 0 Å². The molecule has 1 aliphatic heterocycles. The van der Waals surface area contributed by atoms with Crippen LogP contribution in [0.25, 0.3) is 0 Å². The lowest BCUT2D eigenvalue weighted by Crippen LogP contribution is -2.39. The van der Waals surface area contributed by atoms with E-state index in [1.165, 1.54) is 0 Å². The van der Waals surface area contributed by atoms with Gasteiger partial charge in [-0.25, -0.2) is 0 Å². The molecule has 0 aliphatic carbocycles. The molecule has 0 spiro atoms. The third kappa shape index (κ3) is 4.80. The predicted octanol–water partition coefficient (Wildman–Crippen LogP) is 4.06. The topological polar surface area (TPSA) is 32.3 Å². The minimum Gasteiger partial charge on any atom is -0.338 e. The van der Waals surface area contributed by atoms with E-state index >= 15 is 0 Å². The van der Waals surface area contributed by atoms with Crippen LogP contribution < -0.4 is 5.32 Å². The fourth-order valence-corrected chi connectivity index (χ4v) is 3.53. The van der Waals surface area contributed by atoms with Crippen LogP contribution in [-0.4, -0.2) is 37.0 Å². The second-order valence-corrected chi connectivity index (χ2v) is 7.34. The van der Waals surface area contributed by atoms with Crippen molar-refractivity contribution in [2.75, 3.05) is 26.2 Å². The first-order valence-corrected chi connectivity index (χ1v) is 9.15. The van der Waals surface area contributed by atoms with E-state index in [4.69, 9.17) is 0 Å². The van der Waals surface area contributed by atoms with Gasteiger partial charge in [0.2, 0.25) is 0 Å². The van der Waals surface area contributed by atoms with Gasteiger partial charge in [0, 0.05) is 22.0 Å². The van der Waals surface area contributed by atoms with Crippen LogP contribution in [0.2, 0.25) is 0 Å². The minimum atomic E-state index is 0.128. The summed E-state index contributed by atoms with van der Waals surface area (Å²) >= 11 is 6.95. The molecule has 1 saturated heterocycles. The Morgan fingerprint density at radius 1 is 1.33 bits per heavy atom. The summed E-state index contributed by atoms with van der Waals surface area (Å²) in [4.78, 5) is 14.9. The molecule has 0 atom stereocenters. The molecule has 5 heteroatoms. The Kier molecular flexibility index (Phi) is 6.71. The Labute approximate surface area is 143 Å². The fourth-order valence-electron chi connectivity index (χ4n) is 2.75. The Balaban J connectivity index is 2.12. The number of hydrogen-bond donors (Lipinski definition) is 1. The Hall–Kier alpha value is -0.390. The van der Waals surface area contributed by atoms with Gasteiger partial charge in [0.1, 0.15) is 0 Å². The molecule has 0 saturated carbocycles. The molecule has 0 aromatic heterocycles. The molecule has 1 aliphatic rings. The highest BCUT2D eigenvalue weighted by molar-refractivity contribution is 9.11. The van der Waals surface area contributed by atoms with Crippen LogP contribution in [0.1, 0.15) is 36.5 Å². The van der Waals surface area contributed by atoms with E-state index in [2.05, 4.69) is 44.1 Å². The summed E-state index contributed by atoms with van der Waals surface area (Å²) in [6.07, 6.45) is 3.31. The first-order chi connectivity index (χ1) is 10.1. The normalized spacial score (nSPS) is 16.0. The molecule has 1 N–H and O–H groups in total. The maximum absolute atomic E-state index is 12.8. The number of nitrogens with zero attached hydrogens (tertiary/aromatic N) is 1. The lowest BCUT2D eigenvalue weighted by Gasteiger charge is -2.30. The van der Waals surface area contributed by atoms with Crippen molar-refractivity contribution >= 4 is 37.8 Å². The summed E-state index contributed by atoms with van der Waals surface area (Å²) in [6, 6.07) is 5.77. The molecule has 3 nitrogen and oxygen atoms in total. The maximum Gasteiger partial charge on any atom is 0.255 e. The lowest BCUT2D eigenvalue weighted by molar-refractivity contribution is 0.0715. The van der Waals surface area contributed by atoms with E-state index in [1.807, 2.05) is 23.1 Å². The molecule has 116 valence electrons. The molecule has 1 fully saturated rings. The van der Waals surface area contributed by atoms with Crippen molar-refractivity contribution in [1.82, 2.24) is 10.2 Å². The Morgan fingerprint density at radius 3 is 2.71 bits per heavy atom. The average Bonchev–Trinajstić information content (AvgIpc) is 2.49. The summed E-state index contributed by atoms with van der Waals surface area (Å²) in [5, 5.41) is 3.38. The monoisotopic (exact) mass is 416 g/mol. The molecular formula is C16H22Br2N2O. The number of rotatable bonds is 5. The second kappa shape index (κ2) is 8.30. The van der Waals surface area contributed by atoms with Crippen molar-refractivity contribution in [3.63, 3.8) is 0 Å². The standard InChI is InChI=1S/C16H22Br2N2O/c1-2-9-20(11-12-5-7-19-8-6-12)16(21)14-10-13(17)3-4-15(14)18/h3-4,10,12,19H,2,5-9,11H2,1H3. The van der Waals surface area contributed by atoms with Crippen molar-refractivity contribution in [2.45, 2.75) is 26.2 Å². The highest BCUT2D eigenvalue weighted by atomic mass is 79.9. The number of carbonyl (C=O) groups is 1. The van der Waals surface area contributed by atoms with E-state index < -0.39 is 0 Å². The van der Waals surface area contributed by atoms with Gasteiger partial charge in [-0.05, 0) is 72.4 Å². The molecule has 21 heavy (non-hydrogen) atoms. The van der Waals surface area contributed by atoms with Gasteiger partial charge in [-0.1, -0.05) is 22.9 Å². The number of piperidine rings is 1. The van der Waals surface area contributed by atoms with Crippen LogP contribution in [-0.2, 0) is 0 Å². The number of hydrogen-bond acceptors (Lipinski definition) is 2. The number of nitrogens with one attached hydrogen (secondary N) is 1. The zero-order valence-electron chi connectivity index (χ0n) is 12.4. The Bertz CT molecular complexity index is 487. The van der Waals surface area contributed by atoms with Gasteiger partial charge in [-0.15, -0.1) is 0 Å². The zero-order chi connectivity index (χ0) is 15.2. The molecular weight excluding hydrogens is 396 g/mol. The van der Waals surface area contributed by atoms with Crippen molar-refractivity contribution in [2.24, 2.45) is 5.92 Å². The largest absolute Gasteiger partial charge is 0.338 e. The highest BCUT2D eigenvalue weighted by Gasteiger charge is 2.22. The van der Waals surface area contributed by atoms with Gasteiger partial charge in [0.25, 0.3) is 5.91 Å². The maximum atomic E-state index is 12.8. The molecule has 0 unspecified atom stereocenters. The molecule has 2 rings (SSSR count). The minimum absolute atomic E-state index is 0.128. The van der Waals surface area contributed by atoms with Crippen LogP contribution in [0, 0.1) is 5.92 Å². The van der Waals surface area contributed by atoms with Gasteiger partial charge in [0.15, 0.2) is 0 Å². The van der Waals surface area contributed by atoms with Crippen molar-refractivity contribution in [3.05, 3.63) is 32.7 Å². The zero-order valence-corrected chi connectivity index (χ0v) is 15.5. The second-order valence-electron chi connectivity index (χ2n) is 5.57. The van der Waals surface area contributed by atoms with E-state index in [1.54, 1.807) is 0 Å². The third-order valence-electron chi connectivity index (χ3n) is 3.88. The fraction of sp³-hybridized carbons (Fsp3) is 0.562. The van der Waals surface area contributed by atoms with Crippen LogP contribution >= 0.6 is 31.9 Å². The SMILES string of the molecule is CCCN(CC1CCNCC1)C(=O)c1cc(Br)ccc1Br. The number of amides is 1. The first kappa shape index (κ1) is 17.0. The lowest BCUT2D eigenvalue weighted by atomic mass is 9.97. The third-order valence-corrected chi connectivity index (χ3v) is 5.06. The Morgan fingerprint density at radius 2 is 2.05 bits per heavy atom. The van der Waals surface area contributed by atoms with E-state index in [0.717, 1.165) is 60.0 Å². The summed E-state index contributed by atoms with van der Waals surface area (Å²) < 4.78 is 1.80. The van der Waals surface area contributed by atoms with Crippen molar-refractivity contribution in [1.29, 1.82) is 0 Å². The van der Waals surface area contributed by atoms with Crippen molar-refractivity contribution in [3.8, 4) is 0 Å². The quantitative estimate of drug-likeness (QED) is 0.783. The molecule has 0 radical (unpaired) electrons. The van der Waals surface area contributed by atoms with E-state index in [9.17, 15) is 4.79 Å². The van der Waals surface area contributed by atoms with E-state index in [0.29, 0.717) is 5.92 Å². The van der Waals surface area contributed by atoms with Crippen molar-refractivity contribution < 1.29 is 4.79 Å². The van der Waals surface area contributed by atoms with Crippen LogP contribution in [0.15, 0.2) is 27.1 Å². The van der Waals surface area contributed by atoms with Crippen LogP contribution in [0.4, 0.5) is 0 Å². The number of halogens is 2. The van der Waals surface area contributed by atoms with Gasteiger partial charge in [-0.3, -0.25) is 4.79 Å². The molecule has 1 amide bonds. The molecule has 1 aromatic rings. The number of carbonyl (C=O) groups excluding carboxylic acids is 1. The van der Waals surface area contributed by atoms with Gasteiger partial charge in [-0.2, -0.15) is 0 Å².